The van der Waals surface area contributed by atoms with E-state index in [-0.39, 0.29) is 18.1 Å². The first-order valence-electron chi connectivity index (χ1n) is 5.26. The number of amides is 2. The van der Waals surface area contributed by atoms with Crippen molar-refractivity contribution in [2.75, 3.05) is 6.61 Å². The van der Waals surface area contributed by atoms with E-state index in [1.54, 1.807) is 6.92 Å². The van der Waals surface area contributed by atoms with Crippen molar-refractivity contribution in [1.82, 2.24) is 10.8 Å². The average Bonchev–Trinajstić information content (AvgIpc) is 2.16. The van der Waals surface area contributed by atoms with Gasteiger partial charge in [-0.05, 0) is 27.2 Å². The molecule has 0 aromatic heterocycles. The third kappa shape index (κ3) is 6.36. The molecule has 0 bridgehead atoms. The van der Waals surface area contributed by atoms with Crippen molar-refractivity contribution in [2.24, 2.45) is 5.73 Å². The zero-order chi connectivity index (χ0) is 12.8. The van der Waals surface area contributed by atoms with Crippen LogP contribution in [-0.4, -0.2) is 30.0 Å². The highest BCUT2D eigenvalue weighted by Crippen LogP contribution is 2.06. The number of hydroxylamine groups is 1. The molecule has 0 radical (unpaired) electrons. The van der Waals surface area contributed by atoms with Crippen LogP contribution in [0.3, 0.4) is 0 Å². The molecule has 0 fully saturated rings. The lowest BCUT2D eigenvalue weighted by atomic mass is 10.0. The van der Waals surface area contributed by atoms with Crippen LogP contribution in [-0.2, 0) is 14.4 Å². The number of nitrogens with one attached hydrogen (secondary N) is 2. The Morgan fingerprint density at radius 1 is 1.44 bits per heavy atom. The van der Waals surface area contributed by atoms with Crippen LogP contribution < -0.4 is 16.5 Å². The molecule has 0 aliphatic carbocycles. The van der Waals surface area contributed by atoms with E-state index in [1.165, 1.54) is 0 Å². The number of hydrogen-bond donors (Lipinski definition) is 3. The molecule has 0 aromatic rings. The van der Waals surface area contributed by atoms with Gasteiger partial charge in [-0.1, -0.05) is 6.92 Å². The molecule has 2 amide bonds. The van der Waals surface area contributed by atoms with E-state index in [0.29, 0.717) is 0 Å². The molecule has 16 heavy (non-hydrogen) atoms. The van der Waals surface area contributed by atoms with Crippen LogP contribution in [0.5, 0.6) is 0 Å². The molecule has 94 valence electrons. The van der Waals surface area contributed by atoms with E-state index in [1.807, 2.05) is 20.8 Å². The van der Waals surface area contributed by atoms with Crippen molar-refractivity contribution in [3.63, 3.8) is 0 Å². The molecule has 6 nitrogen and oxygen atoms in total. The smallest absolute Gasteiger partial charge is 0.245 e. The minimum atomic E-state index is -0.589. The monoisotopic (exact) mass is 231 g/mol. The van der Waals surface area contributed by atoms with Crippen LogP contribution in [0.25, 0.3) is 0 Å². The van der Waals surface area contributed by atoms with Crippen LogP contribution in [0.2, 0.25) is 0 Å². The second-order valence-electron chi connectivity index (χ2n) is 4.32. The average molecular weight is 231 g/mol. The zero-order valence-corrected chi connectivity index (χ0v) is 10.3. The van der Waals surface area contributed by atoms with Crippen molar-refractivity contribution in [3.05, 3.63) is 0 Å². The second-order valence-corrected chi connectivity index (χ2v) is 4.32. The molecule has 0 aromatic carbocycles. The van der Waals surface area contributed by atoms with E-state index in [4.69, 9.17) is 10.6 Å². The van der Waals surface area contributed by atoms with Crippen molar-refractivity contribution in [1.29, 1.82) is 0 Å². The van der Waals surface area contributed by atoms with Gasteiger partial charge in [0.15, 0.2) is 0 Å². The summed E-state index contributed by atoms with van der Waals surface area (Å²) in [6.07, 6.45) is 0.827. The van der Waals surface area contributed by atoms with E-state index >= 15 is 0 Å². The van der Waals surface area contributed by atoms with Crippen LogP contribution in [0.1, 0.15) is 34.1 Å². The Morgan fingerprint density at radius 3 is 2.44 bits per heavy atom. The van der Waals surface area contributed by atoms with Gasteiger partial charge in [-0.3, -0.25) is 14.4 Å². The molecule has 4 N–H and O–H groups in total. The largest absolute Gasteiger partial charge is 0.368 e. The number of carbonyl (C=O) groups excluding carboxylic acids is 2. The Balaban J connectivity index is 3.95. The van der Waals surface area contributed by atoms with Gasteiger partial charge in [0.2, 0.25) is 11.8 Å². The predicted molar refractivity (Wildman–Crippen MR) is 60.3 cm³/mol. The molecule has 0 heterocycles. The van der Waals surface area contributed by atoms with E-state index in [9.17, 15) is 9.59 Å². The van der Waals surface area contributed by atoms with Crippen molar-refractivity contribution in [2.45, 2.75) is 45.7 Å². The summed E-state index contributed by atoms with van der Waals surface area (Å²) in [6.45, 7) is 7.24. The molecule has 1 unspecified atom stereocenters. The molecule has 0 saturated heterocycles. The lowest BCUT2D eigenvalue weighted by Crippen LogP contribution is -2.50. The van der Waals surface area contributed by atoms with Gasteiger partial charge in [0.05, 0.1) is 0 Å². The first kappa shape index (κ1) is 14.9. The van der Waals surface area contributed by atoms with Gasteiger partial charge in [-0.15, -0.1) is 0 Å². The Morgan fingerprint density at radius 2 is 2.00 bits per heavy atom. The fourth-order valence-electron chi connectivity index (χ4n) is 0.821. The third-order valence-electron chi connectivity index (χ3n) is 2.21. The van der Waals surface area contributed by atoms with Gasteiger partial charge in [0.1, 0.15) is 12.6 Å². The summed E-state index contributed by atoms with van der Waals surface area (Å²) in [5.74, 6) is -0.773. The summed E-state index contributed by atoms with van der Waals surface area (Å²) in [7, 11) is 0. The highest BCUT2D eigenvalue weighted by Gasteiger charge is 2.21. The fraction of sp³-hybridized carbons (Fsp3) is 0.800. The molecular formula is C10H21N3O3. The molecule has 1 atom stereocenters. The number of hydrogen-bond acceptors (Lipinski definition) is 4. The molecule has 0 spiro atoms. The Bertz CT molecular complexity index is 254. The predicted octanol–water partition coefficient (Wildman–Crippen LogP) is -0.314. The maximum Gasteiger partial charge on any atom is 0.245 e. The first-order valence-corrected chi connectivity index (χ1v) is 5.26. The molecule has 6 heteroatoms. The zero-order valence-electron chi connectivity index (χ0n) is 10.3. The summed E-state index contributed by atoms with van der Waals surface area (Å²) < 4.78 is 0. The minimum Gasteiger partial charge on any atom is -0.368 e. The molecule has 0 rings (SSSR count). The second kappa shape index (κ2) is 6.44. The van der Waals surface area contributed by atoms with Gasteiger partial charge in [0, 0.05) is 5.54 Å². The summed E-state index contributed by atoms with van der Waals surface area (Å²) >= 11 is 0. The highest BCUT2D eigenvalue weighted by atomic mass is 16.6. The fourth-order valence-corrected chi connectivity index (χ4v) is 0.821. The normalized spacial score (nSPS) is 13.2. The van der Waals surface area contributed by atoms with Crippen LogP contribution in [0.15, 0.2) is 0 Å². The van der Waals surface area contributed by atoms with E-state index in [0.717, 1.165) is 6.42 Å². The maximum atomic E-state index is 11.6. The summed E-state index contributed by atoms with van der Waals surface area (Å²) in [6, 6.07) is -0.537. The molecular weight excluding hydrogens is 210 g/mol. The maximum absolute atomic E-state index is 11.6. The Labute approximate surface area is 95.9 Å². The van der Waals surface area contributed by atoms with Gasteiger partial charge in [-0.2, -0.15) is 5.48 Å². The summed E-state index contributed by atoms with van der Waals surface area (Å²) in [5, 5.41) is 2.85. The Hall–Kier alpha value is -1.14. The first-order chi connectivity index (χ1) is 7.28. The number of rotatable bonds is 7. The molecule has 0 saturated carbocycles. The van der Waals surface area contributed by atoms with Gasteiger partial charge in [-0.25, -0.2) is 0 Å². The highest BCUT2D eigenvalue weighted by molar-refractivity contribution is 5.81. The minimum absolute atomic E-state index is 0.184. The summed E-state index contributed by atoms with van der Waals surface area (Å²) in [4.78, 5) is 26.7. The lowest BCUT2D eigenvalue weighted by Gasteiger charge is -2.26. The van der Waals surface area contributed by atoms with E-state index in [2.05, 4.69) is 10.8 Å². The number of carbonyl (C=O) groups is 2. The van der Waals surface area contributed by atoms with Gasteiger partial charge < -0.3 is 11.1 Å². The van der Waals surface area contributed by atoms with E-state index < -0.39 is 11.9 Å². The van der Waals surface area contributed by atoms with Gasteiger partial charge in [0.25, 0.3) is 0 Å². The third-order valence-corrected chi connectivity index (χ3v) is 2.21. The quantitative estimate of drug-likeness (QED) is 0.524. The van der Waals surface area contributed by atoms with Crippen molar-refractivity contribution in [3.8, 4) is 0 Å². The molecule has 0 aliphatic rings. The SMILES string of the molecule is CCC(C)(C)NC(=O)C(C)NOCC(N)=O. The van der Waals surface area contributed by atoms with Crippen LogP contribution >= 0.6 is 0 Å². The number of nitrogens with two attached hydrogens (primary N) is 1. The summed E-state index contributed by atoms with van der Waals surface area (Å²) in [5.41, 5.74) is 7.07. The lowest BCUT2D eigenvalue weighted by molar-refractivity contribution is -0.133. The van der Waals surface area contributed by atoms with Crippen LogP contribution in [0.4, 0.5) is 0 Å². The molecule has 0 aliphatic heterocycles. The Kier molecular flexibility index (Phi) is 5.98. The van der Waals surface area contributed by atoms with Crippen molar-refractivity contribution < 1.29 is 14.4 Å². The topological polar surface area (TPSA) is 93.4 Å². The number of primary amides is 1. The van der Waals surface area contributed by atoms with Crippen molar-refractivity contribution >= 4 is 11.8 Å². The standard InChI is InChI=1S/C10H21N3O3/c1-5-10(3,4)12-9(15)7(2)13-16-6-8(11)14/h7,13H,5-6H2,1-4H3,(H2,11,14)(H,12,15). The van der Waals surface area contributed by atoms with Crippen LogP contribution in [0, 0.1) is 0 Å². The van der Waals surface area contributed by atoms with Gasteiger partial charge >= 0.3 is 0 Å².